The molecule has 84 valence electrons. The van der Waals surface area contributed by atoms with E-state index < -0.39 is 0 Å². The molecule has 1 N–H and O–H groups in total. The van der Waals surface area contributed by atoms with E-state index in [0.717, 1.165) is 24.6 Å². The number of aromatic nitrogens is 3. The maximum atomic E-state index is 4.55. The lowest BCUT2D eigenvalue weighted by molar-refractivity contribution is 0.718. The quantitative estimate of drug-likeness (QED) is 0.845. The maximum Gasteiger partial charge on any atom is 0.138 e. The van der Waals surface area contributed by atoms with Gasteiger partial charge < -0.3 is 5.32 Å². The van der Waals surface area contributed by atoms with Gasteiger partial charge in [0.05, 0.1) is 0 Å². The molecule has 0 aliphatic heterocycles. The molecule has 0 aromatic carbocycles. The first-order valence-electron chi connectivity index (χ1n) is 5.47. The number of rotatable bonds is 4. The van der Waals surface area contributed by atoms with Crippen molar-refractivity contribution in [1.29, 1.82) is 0 Å². The summed E-state index contributed by atoms with van der Waals surface area (Å²) < 4.78 is 1.91. The van der Waals surface area contributed by atoms with Crippen molar-refractivity contribution in [2.45, 2.75) is 20.4 Å². The Labute approximate surface area is 95.4 Å². The Morgan fingerprint density at radius 1 is 1.38 bits per heavy atom. The predicted molar refractivity (Wildman–Crippen MR) is 63.5 cm³/mol. The summed E-state index contributed by atoms with van der Waals surface area (Å²) in [5, 5.41) is 3.30. The van der Waals surface area contributed by atoms with Crippen molar-refractivity contribution in [2.75, 3.05) is 6.54 Å². The SMILES string of the molecule is CCNCc1ccc(-n2ccnc2)nc1C. The van der Waals surface area contributed by atoms with Crippen molar-refractivity contribution in [3.05, 3.63) is 42.1 Å². The number of hydrogen-bond donors (Lipinski definition) is 1. The third-order valence-electron chi connectivity index (χ3n) is 2.51. The minimum absolute atomic E-state index is 0.875. The minimum Gasteiger partial charge on any atom is -0.313 e. The lowest BCUT2D eigenvalue weighted by Crippen LogP contribution is -2.13. The second-order valence-corrected chi connectivity index (χ2v) is 3.66. The van der Waals surface area contributed by atoms with Crippen molar-refractivity contribution in [3.8, 4) is 5.82 Å². The van der Waals surface area contributed by atoms with Gasteiger partial charge in [-0.2, -0.15) is 0 Å². The second kappa shape index (κ2) is 4.90. The predicted octanol–water partition coefficient (Wildman–Crippen LogP) is 1.69. The normalized spacial score (nSPS) is 10.6. The van der Waals surface area contributed by atoms with Gasteiger partial charge in [-0.05, 0) is 25.1 Å². The lowest BCUT2D eigenvalue weighted by Gasteiger charge is -2.08. The fourth-order valence-electron chi connectivity index (χ4n) is 1.56. The zero-order valence-corrected chi connectivity index (χ0v) is 9.64. The summed E-state index contributed by atoms with van der Waals surface area (Å²) >= 11 is 0. The average molecular weight is 216 g/mol. The molecule has 0 saturated carbocycles. The summed E-state index contributed by atoms with van der Waals surface area (Å²) in [5.41, 5.74) is 2.30. The molecule has 0 fully saturated rings. The molecule has 2 aromatic rings. The van der Waals surface area contributed by atoms with Crippen LogP contribution in [0.4, 0.5) is 0 Å². The molecule has 16 heavy (non-hydrogen) atoms. The van der Waals surface area contributed by atoms with Crippen LogP contribution in [0.3, 0.4) is 0 Å². The van der Waals surface area contributed by atoms with E-state index in [1.807, 2.05) is 23.8 Å². The van der Waals surface area contributed by atoms with Gasteiger partial charge in [0, 0.05) is 24.6 Å². The van der Waals surface area contributed by atoms with E-state index in [2.05, 4.69) is 28.3 Å². The average Bonchev–Trinajstić information content (AvgIpc) is 2.81. The van der Waals surface area contributed by atoms with Crippen LogP contribution in [-0.4, -0.2) is 21.1 Å². The summed E-state index contributed by atoms with van der Waals surface area (Å²) in [6, 6.07) is 4.13. The molecule has 4 nitrogen and oxygen atoms in total. The summed E-state index contributed by atoms with van der Waals surface area (Å²) in [6.45, 7) is 5.98. The zero-order chi connectivity index (χ0) is 11.4. The van der Waals surface area contributed by atoms with Crippen LogP contribution in [-0.2, 0) is 6.54 Å². The molecular formula is C12H16N4. The van der Waals surface area contributed by atoms with E-state index in [1.54, 1.807) is 12.5 Å². The van der Waals surface area contributed by atoms with Gasteiger partial charge >= 0.3 is 0 Å². The van der Waals surface area contributed by atoms with Crippen LogP contribution in [0, 0.1) is 6.92 Å². The Balaban J connectivity index is 2.23. The smallest absolute Gasteiger partial charge is 0.138 e. The molecule has 0 unspecified atom stereocenters. The van der Waals surface area contributed by atoms with Crippen molar-refractivity contribution in [3.63, 3.8) is 0 Å². The van der Waals surface area contributed by atoms with Gasteiger partial charge in [-0.3, -0.25) is 4.57 Å². The van der Waals surface area contributed by atoms with E-state index >= 15 is 0 Å². The van der Waals surface area contributed by atoms with Crippen LogP contribution in [0.2, 0.25) is 0 Å². The van der Waals surface area contributed by atoms with Crippen LogP contribution in [0.15, 0.2) is 30.9 Å². The summed E-state index contributed by atoms with van der Waals surface area (Å²) in [5.74, 6) is 0.912. The maximum absolute atomic E-state index is 4.55. The molecule has 0 spiro atoms. The highest BCUT2D eigenvalue weighted by molar-refractivity contribution is 5.30. The first-order chi connectivity index (χ1) is 7.81. The van der Waals surface area contributed by atoms with Gasteiger partial charge in [0.15, 0.2) is 0 Å². The number of pyridine rings is 1. The summed E-state index contributed by atoms with van der Waals surface area (Å²) in [4.78, 5) is 8.56. The van der Waals surface area contributed by atoms with Gasteiger partial charge in [-0.25, -0.2) is 9.97 Å². The molecule has 0 atom stereocenters. The largest absolute Gasteiger partial charge is 0.313 e. The van der Waals surface area contributed by atoms with Crippen LogP contribution < -0.4 is 5.32 Å². The fraction of sp³-hybridized carbons (Fsp3) is 0.333. The Kier molecular flexibility index (Phi) is 3.31. The van der Waals surface area contributed by atoms with Crippen LogP contribution in [0.5, 0.6) is 0 Å². The van der Waals surface area contributed by atoms with E-state index in [-0.39, 0.29) is 0 Å². The highest BCUT2D eigenvalue weighted by Gasteiger charge is 2.02. The fourth-order valence-corrected chi connectivity index (χ4v) is 1.56. The second-order valence-electron chi connectivity index (χ2n) is 3.66. The number of nitrogens with one attached hydrogen (secondary N) is 1. The zero-order valence-electron chi connectivity index (χ0n) is 9.64. The van der Waals surface area contributed by atoms with E-state index in [9.17, 15) is 0 Å². The molecule has 0 radical (unpaired) electrons. The van der Waals surface area contributed by atoms with Crippen molar-refractivity contribution in [2.24, 2.45) is 0 Å². The highest BCUT2D eigenvalue weighted by atomic mass is 15.1. The lowest BCUT2D eigenvalue weighted by atomic mass is 10.2. The van der Waals surface area contributed by atoms with Crippen molar-refractivity contribution in [1.82, 2.24) is 19.9 Å². The Morgan fingerprint density at radius 3 is 2.88 bits per heavy atom. The molecular weight excluding hydrogens is 200 g/mol. The van der Waals surface area contributed by atoms with E-state index in [4.69, 9.17) is 0 Å². The molecule has 0 aliphatic rings. The van der Waals surface area contributed by atoms with Crippen LogP contribution >= 0.6 is 0 Å². The molecule has 2 aromatic heterocycles. The van der Waals surface area contributed by atoms with Gasteiger partial charge in [0.2, 0.25) is 0 Å². The van der Waals surface area contributed by atoms with Crippen LogP contribution in [0.1, 0.15) is 18.2 Å². The molecule has 2 rings (SSSR count). The number of nitrogens with zero attached hydrogens (tertiary/aromatic N) is 3. The molecule has 4 heteroatoms. The van der Waals surface area contributed by atoms with E-state index in [1.165, 1.54) is 5.56 Å². The standard InChI is InChI=1S/C12H16N4/c1-3-13-8-11-4-5-12(15-10(11)2)16-7-6-14-9-16/h4-7,9,13H,3,8H2,1-2H3. The van der Waals surface area contributed by atoms with Gasteiger partial charge in [0.25, 0.3) is 0 Å². The third kappa shape index (κ3) is 2.28. The monoisotopic (exact) mass is 216 g/mol. The van der Waals surface area contributed by atoms with Gasteiger partial charge in [-0.15, -0.1) is 0 Å². The first kappa shape index (κ1) is 10.8. The highest BCUT2D eigenvalue weighted by Crippen LogP contribution is 2.09. The molecule has 0 saturated heterocycles. The Hall–Kier alpha value is -1.68. The number of aryl methyl sites for hydroxylation is 1. The minimum atomic E-state index is 0.875. The van der Waals surface area contributed by atoms with Crippen molar-refractivity contribution >= 4 is 0 Å². The number of hydrogen-bond acceptors (Lipinski definition) is 3. The molecule has 2 heterocycles. The molecule has 0 amide bonds. The third-order valence-corrected chi connectivity index (χ3v) is 2.51. The van der Waals surface area contributed by atoms with E-state index in [0.29, 0.717) is 0 Å². The molecule has 0 bridgehead atoms. The topological polar surface area (TPSA) is 42.7 Å². The first-order valence-corrected chi connectivity index (χ1v) is 5.47. The van der Waals surface area contributed by atoms with Crippen LogP contribution in [0.25, 0.3) is 5.82 Å². The molecule has 0 aliphatic carbocycles. The number of imidazole rings is 1. The van der Waals surface area contributed by atoms with Crippen molar-refractivity contribution < 1.29 is 0 Å². The summed E-state index contributed by atoms with van der Waals surface area (Å²) in [7, 11) is 0. The van der Waals surface area contributed by atoms with Gasteiger partial charge in [-0.1, -0.05) is 13.0 Å². The Morgan fingerprint density at radius 2 is 2.25 bits per heavy atom. The summed E-state index contributed by atoms with van der Waals surface area (Å²) in [6.07, 6.45) is 5.40. The Bertz CT molecular complexity index is 448. The van der Waals surface area contributed by atoms with Gasteiger partial charge in [0.1, 0.15) is 12.1 Å².